The molecule has 0 atom stereocenters. The van der Waals surface area contributed by atoms with Crippen molar-refractivity contribution in [1.29, 1.82) is 0 Å². The monoisotopic (exact) mass is 772 g/mol. The Morgan fingerprint density at radius 1 is 0.512 bits per heavy atom. The van der Waals surface area contributed by atoms with E-state index < -0.39 is 67.8 Å². The van der Waals surface area contributed by atoms with Crippen LogP contribution in [0, 0.1) is 0 Å². The molecule has 2 rings (SSSR count). The Bertz CT molecular complexity index is 1140. The Labute approximate surface area is 284 Å². The van der Waals surface area contributed by atoms with Crippen molar-refractivity contribution in [1.82, 2.24) is 0 Å². The van der Waals surface area contributed by atoms with Gasteiger partial charge < -0.3 is 0 Å². The summed E-state index contributed by atoms with van der Waals surface area (Å²) in [5.74, 6) is 0. The fourth-order valence-electron chi connectivity index (χ4n) is 7.71. The fourth-order valence-corrected chi connectivity index (χ4v) is 146. The zero-order valence-electron chi connectivity index (χ0n) is 31.4. The third-order valence-corrected chi connectivity index (χ3v) is 111. The molecular weight excluding hydrogens is 706 g/mol. The minimum Gasteiger partial charge on any atom is -0.0715 e. The van der Waals surface area contributed by atoms with Gasteiger partial charge in [0.15, 0.2) is 0 Å². The van der Waals surface area contributed by atoms with Gasteiger partial charge >= 0.3 is 258 Å². The average molecular weight is 772 g/mol. The molecule has 0 nitrogen and oxygen atoms in total. The Hall–Kier alpha value is 0.198. The van der Waals surface area contributed by atoms with Crippen molar-refractivity contribution in [3.05, 3.63) is 83.2 Å². The third-order valence-electron chi connectivity index (χ3n) is 8.25. The van der Waals surface area contributed by atoms with Gasteiger partial charge in [-0.05, 0) is 0 Å². The molecule has 0 unspecified atom stereocenters. The Morgan fingerprint density at radius 2 is 0.814 bits per heavy atom. The summed E-state index contributed by atoms with van der Waals surface area (Å²) in [5.41, 5.74) is 9.07. The van der Waals surface area contributed by atoms with Gasteiger partial charge in [0.1, 0.15) is 0 Å². The quantitative estimate of drug-likeness (QED) is 0.200. The first-order chi connectivity index (χ1) is 19.3. The molecule has 0 N–H and O–H groups in total. The summed E-state index contributed by atoms with van der Waals surface area (Å²) < 4.78 is 3.49. The van der Waals surface area contributed by atoms with Crippen LogP contribution in [-0.2, 0) is 0 Å². The first-order valence-electron chi connectivity index (χ1n) is 16.2. The molecule has 0 heterocycles. The first kappa shape index (κ1) is 41.2. The number of rotatable bonds is 11. The van der Waals surface area contributed by atoms with Crippen LogP contribution in [0.15, 0.2) is 72.1 Å². The van der Waals surface area contributed by atoms with Crippen LogP contribution < -0.4 is 0 Å². The van der Waals surface area contributed by atoms with Crippen LogP contribution in [0.5, 0.6) is 0 Å². The summed E-state index contributed by atoms with van der Waals surface area (Å²) in [6.45, 7) is 45.7. The number of benzene rings is 2. The van der Waals surface area contributed by atoms with Crippen LogP contribution in [0.4, 0.5) is 0 Å². The van der Waals surface area contributed by atoms with Crippen LogP contribution in [0.2, 0.25) is 118 Å². The number of hydrogen-bond acceptors (Lipinski definition) is 0. The van der Waals surface area contributed by atoms with Crippen molar-refractivity contribution >= 4 is 85.5 Å². The van der Waals surface area contributed by atoms with Gasteiger partial charge in [-0.2, -0.15) is 0 Å². The molecule has 0 aliphatic carbocycles. The maximum atomic E-state index is 3.11. The van der Waals surface area contributed by atoms with E-state index in [4.69, 9.17) is 0 Å². The predicted octanol–water partition coefficient (Wildman–Crippen LogP) is 11.2. The zero-order valence-corrected chi connectivity index (χ0v) is 41.5. The van der Waals surface area contributed by atoms with E-state index in [0.29, 0.717) is 0 Å². The van der Waals surface area contributed by atoms with E-state index in [1.807, 2.05) is 0 Å². The fraction of sp³-hybridized carbons (Fsp3) is 0.529. The molecule has 0 fully saturated rings. The van der Waals surface area contributed by atoms with Crippen molar-refractivity contribution in [2.24, 2.45) is 0 Å². The molecule has 0 aromatic heterocycles. The van der Waals surface area contributed by atoms with Crippen molar-refractivity contribution in [3.8, 4) is 0 Å². The molecule has 0 spiro atoms. The van der Waals surface area contributed by atoms with Crippen molar-refractivity contribution < 1.29 is 0 Å². The van der Waals surface area contributed by atoms with Gasteiger partial charge in [-0.15, -0.1) is 0 Å². The second-order valence-corrected chi connectivity index (χ2v) is 88.1. The van der Waals surface area contributed by atoms with Gasteiger partial charge in [-0.3, -0.25) is 0 Å². The molecule has 2 aromatic carbocycles. The second kappa shape index (κ2) is 15.9. The van der Waals surface area contributed by atoms with E-state index in [0.717, 1.165) is 0 Å². The maximum Gasteiger partial charge on any atom is 0.0379 e. The molecular formula is C34H66GeSi8. The van der Waals surface area contributed by atoms with Crippen LogP contribution in [0.3, 0.4) is 0 Å². The van der Waals surface area contributed by atoms with Crippen molar-refractivity contribution in [2.45, 2.75) is 118 Å². The van der Waals surface area contributed by atoms with Gasteiger partial charge in [-0.25, -0.2) is 0 Å². The van der Waals surface area contributed by atoms with Crippen LogP contribution >= 0.6 is 0 Å². The second-order valence-electron chi connectivity index (χ2n) is 17.9. The van der Waals surface area contributed by atoms with E-state index in [-0.39, 0.29) is 8.80 Å². The van der Waals surface area contributed by atoms with Crippen molar-refractivity contribution in [3.63, 3.8) is 0 Å². The summed E-state index contributed by atoms with van der Waals surface area (Å²) >= 11 is -0.501. The van der Waals surface area contributed by atoms with Gasteiger partial charge in [0.05, 0.1) is 0 Å². The molecule has 0 bridgehead atoms. The first-order valence-corrected chi connectivity index (χ1v) is 47.5. The van der Waals surface area contributed by atoms with Crippen molar-refractivity contribution in [2.75, 3.05) is 0 Å². The van der Waals surface area contributed by atoms with Gasteiger partial charge in [0.25, 0.3) is 0 Å². The van der Waals surface area contributed by atoms with E-state index in [1.165, 1.54) is 11.1 Å². The summed E-state index contributed by atoms with van der Waals surface area (Å²) in [5, 5.41) is 0. The topological polar surface area (TPSA) is 0 Å². The van der Waals surface area contributed by atoms with E-state index in [1.54, 1.807) is 8.81 Å². The van der Waals surface area contributed by atoms with Gasteiger partial charge in [0, 0.05) is 8.80 Å². The summed E-state index contributed by atoms with van der Waals surface area (Å²) in [4.78, 5) is 0. The van der Waals surface area contributed by atoms with Crippen LogP contribution in [0.1, 0.15) is 11.1 Å². The standard InChI is InChI=1S/C31H57GeSi7.C3H9Si/c1-34(2,3)33(35(4,5)6)26-30(28-22-18-16-19-23-28)32-31(29-24-20-17-21-25-29)27-39(36(7,8)9,37(10,11)12)38(13,14)15;1-4(2)3/h16-27H,1-15H3;1-3H3/b30-26-,31-27-;. The molecule has 0 saturated carbocycles. The molecule has 0 saturated heterocycles. The Morgan fingerprint density at radius 3 is 1.09 bits per heavy atom. The Kier molecular flexibility index (Phi) is 15.2. The molecule has 43 heavy (non-hydrogen) atoms. The number of hydrogen-bond donors (Lipinski definition) is 0. The van der Waals surface area contributed by atoms with E-state index in [2.05, 4.69) is 190 Å². The average Bonchev–Trinajstić information content (AvgIpc) is 2.80. The molecule has 238 valence electrons. The van der Waals surface area contributed by atoms with E-state index in [9.17, 15) is 0 Å². The Balaban J connectivity index is 0.00000217. The summed E-state index contributed by atoms with van der Waals surface area (Å²) in [6, 6.07) is 23.2. The zero-order chi connectivity index (χ0) is 33.7. The molecule has 0 amide bonds. The summed E-state index contributed by atoms with van der Waals surface area (Å²) in [6.07, 6.45) is 0. The SMILES string of the molecule is C[Si](C)(C)[Si](/C=[C](\[Ge]/[C](=C\[Si]([Si](C)(C)C)([Si](C)(C)C)[Si](C)(C)C)c1ccccc1)c1ccccc1)[Si](C)(C)C.C[Si](C)C. The largest absolute Gasteiger partial charge is 0.0715 e. The van der Waals surface area contributed by atoms with Crippen LogP contribution in [0.25, 0.3) is 8.81 Å². The molecule has 0 aliphatic heterocycles. The predicted molar refractivity (Wildman–Crippen MR) is 226 cm³/mol. The smallest absolute Gasteiger partial charge is 0.0379 e. The normalized spacial score (nSPS) is 14.6. The molecule has 2 aromatic rings. The summed E-state index contributed by atoms with van der Waals surface area (Å²) in [7, 11) is -7.19. The van der Waals surface area contributed by atoms with Crippen LogP contribution in [-0.4, -0.2) is 76.6 Å². The maximum absolute atomic E-state index is 3.11. The minimum atomic E-state index is -1.64. The van der Waals surface area contributed by atoms with E-state index >= 15 is 0 Å². The molecule has 0 aliphatic rings. The third kappa shape index (κ3) is 11.7. The van der Waals surface area contributed by atoms with Gasteiger partial charge in [-0.1, -0.05) is 19.6 Å². The van der Waals surface area contributed by atoms with Gasteiger partial charge in [0.2, 0.25) is 0 Å². The molecule has 4 radical (unpaired) electrons. The minimum absolute atomic E-state index is 0.120. The molecule has 9 heteroatoms.